The molecule has 2 heteroatoms. The van der Waals surface area contributed by atoms with Gasteiger partial charge in [0.05, 0.1) is 0 Å². The second kappa shape index (κ2) is 2.66. The lowest BCUT2D eigenvalue weighted by Gasteiger charge is -2.04. The molecule has 0 saturated heterocycles. The third kappa shape index (κ3) is 1.31. The van der Waals surface area contributed by atoms with Gasteiger partial charge < -0.3 is 11.5 Å². The number of benzene rings is 2. The third-order valence-corrected chi connectivity index (χ3v) is 2.16. The molecule has 13 heavy (non-hydrogen) atoms. The molecule has 0 amide bonds. The fourth-order valence-electron chi connectivity index (χ4n) is 1.54. The van der Waals surface area contributed by atoms with Gasteiger partial charge in [-0.15, -0.1) is 0 Å². The summed E-state index contributed by atoms with van der Waals surface area (Å²) in [6.07, 6.45) is 0. The molecule has 0 bridgehead atoms. The Labute approximate surface area is 77.2 Å². The first-order valence-corrected chi connectivity index (χ1v) is 4.22. The predicted molar refractivity (Wildman–Crippen MR) is 57.5 cm³/mol. The number of rotatable bonds is 0. The highest BCUT2D eigenvalue weighted by molar-refractivity contribution is 5.95. The second-order valence-electron chi connectivity index (χ2n) is 3.33. The van der Waals surface area contributed by atoms with Crippen molar-refractivity contribution in [1.82, 2.24) is 0 Å². The minimum absolute atomic E-state index is 0.718. The Morgan fingerprint density at radius 3 is 2.54 bits per heavy atom. The van der Waals surface area contributed by atoms with E-state index >= 15 is 0 Å². The Morgan fingerprint density at radius 1 is 1.00 bits per heavy atom. The van der Waals surface area contributed by atoms with Crippen LogP contribution in [0, 0.1) is 6.92 Å². The lowest BCUT2D eigenvalue weighted by Crippen LogP contribution is -1.91. The van der Waals surface area contributed by atoms with Crippen molar-refractivity contribution in [3.63, 3.8) is 0 Å². The molecule has 4 N–H and O–H groups in total. The zero-order valence-electron chi connectivity index (χ0n) is 7.54. The number of anilines is 2. The lowest BCUT2D eigenvalue weighted by atomic mass is 10.1. The van der Waals surface area contributed by atoms with E-state index in [1.54, 1.807) is 6.07 Å². The van der Waals surface area contributed by atoms with Gasteiger partial charge in [-0.2, -0.15) is 0 Å². The third-order valence-electron chi connectivity index (χ3n) is 2.16. The quantitative estimate of drug-likeness (QED) is 0.599. The van der Waals surface area contributed by atoms with Crippen LogP contribution in [0.15, 0.2) is 30.3 Å². The molecule has 0 aliphatic rings. The summed E-state index contributed by atoms with van der Waals surface area (Å²) in [4.78, 5) is 0. The minimum atomic E-state index is 0.718. The summed E-state index contributed by atoms with van der Waals surface area (Å²) < 4.78 is 0. The van der Waals surface area contributed by atoms with Crippen LogP contribution in [0.3, 0.4) is 0 Å². The molecular weight excluding hydrogens is 160 g/mol. The molecule has 2 rings (SSSR count). The summed E-state index contributed by atoms with van der Waals surface area (Å²) in [5.41, 5.74) is 14.2. The molecule has 0 aliphatic heterocycles. The van der Waals surface area contributed by atoms with Crippen molar-refractivity contribution < 1.29 is 0 Å². The number of fused-ring (bicyclic) bond motifs is 1. The van der Waals surface area contributed by atoms with Gasteiger partial charge in [0.1, 0.15) is 0 Å². The number of hydrogen-bond acceptors (Lipinski definition) is 2. The smallest absolute Gasteiger partial charge is 0.0414 e. The topological polar surface area (TPSA) is 52.0 Å². The first-order chi connectivity index (χ1) is 6.16. The van der Waals surface area contributed by atoms with E-state index in [-0.39, 0.29) is 0 Å². The number of nitrogens with two attached hydrogens (primary N) is 2. The Bertz CT molecular complexity index is 456. The van der Waals surface area contributed by atoms with Gasteiger partial charge in [-0.1, -0.05) is 23.8 Å². The molecule has 0 saturated carbocycles. The van der Waals surface area contributed by atoms with Gasteiger partial charge in [0, 0.05) is 16.8 Å². The fourth-order valence-corrected chi connectivity index (χ4v) is 1.54. The average Bonchev–Trinajstić information content (AvgIpc) is 2.02. The number of hydrogen-bond donors (Lipinski definition) is 2. The fraction of sp³-hybridized carbons (Fsp3) is 0.0909. The van der Waals surface area contributed by atoms with Gasteiger partial charge in [0.2, 0.25) is 0 Å². The van der Waals surface area contributed by atoms with E-state index in [1.165, 1.54) is 5.56 Å². The first-order valence-electron chi connectivity index (χ1n) is 4.22. The van der Waals surface area contributed by atoms with Crippen LogP contribution in [0.5, 0.6) is 0 Å². The maximum atomic E-state index is 5.83. The minimum Gasteiger partial charge on any atom is -0.399 e. The second-order valence-corrected chi connectivity index (χ2v) is 3.33. The van der Waals surface area contributed by atoms with E-state index < -0.39 is 0 Å². The van der Waals surface area contributed by atoms with Crippen LogP contribution < -0.4 is 11.5 Å². The molecule has 2 nitrogen and oxygen atoms in total. The molecule has 0 spiro atoms. The summed E-state index contributed by atoms with van der Waals surface area (Å²) in [5.74, 6) is 0. The van der Waals surface area contributed by atoms with Crippen LogP contribution >= 0.6 is 0 Å². The van der Waals surface area contributed by atoms with E-state index in [4.69, 9.17) is 11.5 Å². The van der Waals surface area contributed by atoms with Crippen LogP contribution in [0.1, 0.15) is 5.56 Å². The van der Waals surface area contributed by atoms with Crippen LogP contribution in [-0.2, 0) is 0 Å². The molecule has 0 aliphatic carbocycles. The summed E-state index contributed by atoms with van der Waals surface area (Å²) in [6.45, 7) is 2.05. The Balaban J connectivity index is 2.86. The van der Waals surface area contributed by atoms with Gasteiger partial charge in [-0.05, 0) is 24.4 Å². The zero-order valence-corrected chi connectivity index (χ0v) is 7.54. The predicted octanol–water partition coefficient (Wildman–Crippen LogP) is 2.31. The van der Waals surface area contributed by atoms with E-state index in [0.29, 0.717) is 0 Å². The van der Waals surface area contributed by atoms with Crippen LogP contribution in [0.25, 0.3) is 10.8 Å². The molecule has 0 aromatic heterocycles. The number of aryl methyl sites for hydroxylation is 1. The lowest BCUT2D eigenvalue weighted by molar-refractivity contribution is 1.51. The van der Waals surface area contributed by atoms with Crippen molar-refractivity contribution >= 4 is 22.1 Å². The van der Waals surface area contributed by atoms with Gasteiger partial charge in [0.25, 0.3) is 0 Å². The summed E-state index contributed by atoms with van der Waals surface area (Å²) in [6, 6.07) is 9.90. The van der Waals surface area contributed by atoms with Crippen molar-refractivity contribution in [3.05, 3.63) is 35.9 Å². The highest BCUT2D eigenvalue weighted by atomic mass is 14.6. The first kappa shape index (κ1) is 7.92. The summed E-state index contributed by atoms with van der Waals surface area (Å²) in [7, 11) is 0. The standard InChI is InChI=1S/C11H12N2/c1-7-2-3-10-8(4-7)5-9(12)6-11(10)13/h2-6H,12-13H2,1H3. The van der Waals surface area contributed by atoms with Crippen molar-refractivity contribution in [2.75, 3.05) is 11.5 Å². The van der Waals surface area contributed by atoms with E-state index in [0.717, 1.165) is 22.1 Å². The van der Waals surface area contributed by atoms with Gasteiger partial charge in [-0.25, -0.2) is 0 Å². The van der Waals surface area contributed by atoms with Crippen LogP contribution in [0.2, 0.25) is 0 Å². The number of nitrogen functional groups attached to an aromatic ring is 2. The van der Waals surface area contributed by atoms with Crippen molar-refractivity contribution in [1.29, 1.82) is 0 Å². The van der Waals surface area contributed by atoms with Crippen LogP contribution in [0.4, 0.5) is 11.4 Å². The molecule has 2 aromatic carbocycles. The Hall–Kier alpha value is -1.70. The normalized spacial score (nSPS) is 10.5. The van der Waals surface area contributed by atoms with Gasteiger partial charge >= 0.3 is 0 Å². The van der Waals surface area contributed by atoms with Gasteiger partial charge in [0.15, 0.2) is 0 Å². The van der Waals surface area contributed by atoms with Crippen molar-refractivity contribution in [3.8, 4) is 0 Å². The molecule has 2 aromatic rings. The van der Waals surface area contributed by atoms with E-state index in [2.05, 4.69) is 19.1 Å². The van der Waals surface area contributed by atoms with Gasteiger partial charge in [-0.3, -0.25) is 0 Å². The maximum Gasteiger partial charge on any atom is 0.0414 e. The molecule has 0 atom stereocenters. The molecule has 0 fully saturated rings. The van der Waals surface area contributed by atoms with Crippen molar-refractivity contribution in [2.45, 2.75) is 6.92 Å². The SMILES string of the molecule is Cc1ccc2c(N)cc(N)cc2c1. The molecule has 0 radical (unpaired) electrons. The average molecular weight is 172 g/mol. The molecule has 66 valence electrons. The highest BCUT2D eigenvalue weighted by Gasteiger charge is 1.99. The Kier molecular flexibility index (Phi) is 1.62. The highest BCUT2D eigenvalue weighted by Crippen LogP contribution is 2.24. The van der Waals surface area contributed by atoms with Crippen LogP contribution in [-0.4, -0.2) is 0 Å². The molecular formula is C11H12N2. The Morgan fingerprint density at radius 2 is 1.77 bits per heavy atom. The maximum absolute atomic E-state index is 5.83. The monoisotopic (exact) mass is 172 g/mol. The molecule has 0 heterocycles. The summed E-state index contributed by atoms with van der Waals surface area (Å²) in [5, 5.41) is 2.18. The van der Waals surface area contributed by atoms with E-state index in [1.807, 2.05) is 12.1 Å². The molecule has 0 unspecified atom stereocenters. The summed E-state index contributed by atoms with van der Waals surface area (Å²) >= 11 is 0. The largest absolute Gasteiger partial charge is 0.399 e. The zero-order chi connectivity index (χ0) is 9.42. The van der Waals surface area contributed by atoms with Crippen molar-refractivity contribution in [2.24, 2.45) is 0 Å². The van der Waals surface area contributed by atoms with E-state index in [9.17, 15) is 0 Å².